The summed E-state index contributed by atoms with van der Waals surface area (Å²) >= 11 is 3.40. The third-order valence-corrected chi connectivity index (χ3v) is 3.18. The second-order valence-electron chi connectivity index (χ2n) is 4.17. The lowest BCUT2D eigenvalue weighted by Crippen LogP contribution is -2.11. The van der Waals surface area contributed by atoms with Crippen molar-refractivity contribution in [3.63, 3.8) is 0 Å². The number of hydrogen-bond donors (Lipinski definition) is 3. The van der Waals surface area contributed by atoms with Crippen LogP contribution in [0.3, 0.4) is 0 Å². The summed E-state index contributed by atoms with van der Waals surface area (Å²) in [5, 5.41) is 3.17. The first-order valence-corrected chi connectivity index (χ1v) is 6.60. The van der Waals surface area contributed by atoms with Gasteiger partial charge in [0.1, 0.15) is 5.75 Å². The van der Waals surface area contributed by atoms with Crippen molar-refractivity contribution in [1.29, 1.82) is 0 Å². The summed E-state index contributed by atoms with van der Waals surface area (Å²) in [7, 11) is 1.60. The molecule has 20 heavy (non-hydrogen) atoms. The molecule has 2 rings (SSSR count). The van der Waals surface area contributed by atoms with E-state index in [9.17, 15) is 4.79 Å². The lowest BCUT2D eigenvalue weighted by Gasteiger charge is -2.12. The predicted molar refractivity (Wildman–Crippen MR) is 83.3 cm³/mol. The minimum atomic E-state index is -0.507. The van der Waals surface area contributed by atoms with Gasteiger partial charge < -0.3 is 21.5 Å². The van der Waals surface area contributed by atoms with Crippen LogP contribution >= 0.6 is 15.9 Å². The van der Waals surface area contributed by atoms with Crippen LogP contribution in [0.2, 0.25) is 0 Å². The molecular formula is C14H14BrN3O2. The zero-order valence-electron chi connectivity index (χ0n) is 10.8. The van der Waals surface area contributed by atoms with Gasteiger partial charge >= 0.3 is 0 Å². The zero-order valence-corrected chi connectivity index (χ0v) is 12.4. The minimum Gasteiger partial charge on any atom is -0.497 e. The highest BCUT2D eigenvalue weighted by Gasteiger charge is 2.06. The van der Waals surface area contributed by atoms with Crippen LogP contribution in [0.15, 0.2) is 40.9 Å². The number of methoxy groups -OCH3 is 1. The number of carbonyl (C=O) groups is 1. The molecule has 0 aliphatic heterocycles. The van der Waals surface area contributed by atoms with Crippen molar-refractivity contribution in [2.45, 2.75) is 0 Å². The van der Waals surface area contributed by atoms with Crippen molar-refractivity contribution in [2.24, 2.45) is 5.73 Å². The van der Waals surface area contributed by atoms with Crippen LogP contribution in [-0.4, -0.2) is 13.0 Å². The van der Waals surface area contributed by atoms with Crippen molar-refractivity contribution in [1.82, 2.24) is 0 Å². The molecule has 0 saturated heterocycles. The molecule has 0 aliphatic carbocycles. The lowest BCUT2D eigenvalue weighted by molar-refractivity contribution is 0.100. The third-order valence-electron chi connectivity index (χ3n) is 2.72. The largest absolute Gasteiger partial charge is 0.497 e. The van der Waals surface area contributed by atoms with E-state index < -0.39 is 5.91 Å². The van der Waals surface area contributed by atoms with Crippen LogP contribution in [0.25, 0.3) is 0 Å². The molecule has 2 aromatic carbocycles. The van der Waals surface area contributed by atoms with Gasteiger partial charge in [0.2, 0.25) is 5.91 Å². The maximum absolute atomic E-state index is 11.1. The number of carbonyl (C=O) groups excluding carboxylic acids is 1. The molecule has 0 fully saturated rings. The summed E-state index contributed by atoms with van der Waals surface area (Å²) in [5.74, 6) is 0.210. The number of nitrogen functional groups attached to an aromatic ring is 1. The highest BCUT2D eigenvalue weighted by molar-refractivity contribution is 9.10. The van der Waals surface area contributed by atoms with Crippen LogP contribution in [0.1, 0.15) is 10.4 Å². The van der Waals surface area contributed by atoms with Gasteiger partial charge in [0, 0.05) is 21.8 Å². The van der Waals surface area contributed by atoms with Crippen LogP contribution in [0, 0.1) is 0 Å². The van der Waals surface area contributed by atoms with Crippen LogP contribution < -0.4 is 21.5 Å². The van der Waals surface area contributed by atoms with Gasteiger partial charge in [0.15, 0.2) is 0 Å². The molecule has 0 radical (unpaired) electrons. The number of benzene rings is 2. The Labute approximate surface area is 125 Å². The Kier molecular flexibility index (Phi) is 4.14. The van der Waals surface area contributed by atoms with Crippen molar-refractivity contribution in [2.75, 3.05) is 18.2 Å². The molecule has 0 heterocycles. The first-order valence-electron chi connectivity index (χ1n) is 5.80. The molecule has 6 heteroatoms. The van der Waals surface area contributed by atoms with Crippen LogP contribution in [-0.2, 0) is 0 Å². The summed E-state index contributed by atoms with van der Waals surface area (Å²) in [6.45, 7) is 0. The zero-order chi connectivity index (χ0) is 14.7. The van der Waals surface area contributed by atoms with E-state index in [0.29, 0.717) is 22.7 Å². The monoisotopic (exact) mass is 335 g/mol. The van der Waals surface area contributed by atoms with Gasteiger partial charge in [0.05, 0.1) is 18.5 Å². The quantitative estimate of drug-likeness (QED) is 0.749. The molecule has 0 aromatic heterocycles. The first kappa shape index (κ1) is 14.2. The van der Waals surface area contributed by atoms with Crippen molar-refractivity contribution in [3.8, 4) is 5.75 Å². The SMILES string of the molecule is COc1cc(Br)cc(Nc2ccc(C(N)=O)cc2N)c1. The molecule has 0 spiro atoms. The Morgan fingerprint density at radius 1 is 1.25 bits per heavy atom. The van der Waals surface area contributed by atoms with Gasteiger partial charge in [-0.25, -0.2) is 0 Å². The molecule has 1 amide bonds. The normalized spacial score (nSPS) is 10.1. The smallest absolute Gasteiger partial charge is 0.248 e. The summed E-state index contributed by atoms with van der Waals surface area (Å²) in [5.41, 5.74) is 13.4. The lowest BCUT2D eigenvalue weighted by atomic mass is 10.1. The average Bonchev–Trinajstić information content (AvgIpc) is 2.40. The maximum Gasteiger partial charge on any atom is 0.248 e. The molecule has 5 N–H and O–H groups in total. The van der Waals surface area contributed by atoms with Gasteiger partial charge in [-0.2, -0.15) is 0 Å². The second-order valence-corrected chi connectivity index (χ2v) is 5.09. The predicted octanol–water partition coefficient (Wildman–Crippen LogP) is 2.88. The summed E-state index contributed by atoms with van der Waals surface area (Å²) < 4.78 is 6.07. The standard InChI is InChI=1S/C14H14BrN3O2/c1-20-11-6-9(15)5-10(7-11)18-13-3-2-8(14(17)19)4-12(13)16/h2-7,18H,16H2,1H3,(H2,17,19). The Hall–Kier alpha value is -2.21. The second kappa shape index (κ2) is 5.83. The van der Waals surface area contributed by atoms with E-state index in [4.69, 9.17) is 16.2 Å². The number of amides is 1. The van der Waals surface area contributed by atoms with E-state index in [-0.39, 0.29) is 0 Å². The number of rotatable bonds is 4. The van der Waals surface area contributed by atoms with Gasteiger partial charge in [-0.3, -0.25) is 4.79 Å². The highest BCUT2D eigenvalue weighted by atomic mass is 79.9. The minimum absolute atomic E-state index is 0.375. The van der Waals surface area contributed by atoms with Crippen LogP contribution in [0.5, 0.6) is 5.75 Å². The fourth-order valence-corrected chi connectivity index (χ4v) is 2.21. The highest BCUT2D eigenvalue weighted by Crippen LogP contribution is 2.29. The van der Waals surface area contributed by atoms with Crippen molar-refractivity contribution < 1.29 is 9.53 Å². The Morgan fingerprint density at radius 2 is 2.00 bits per heavy atom. The van der Waals surface area contributed by atoms with E-state index in [1.165, 1.54) is 0 Å². The Bertz CT molecular complexity index is 659. The van der Waals surface area contributed by atoms with Gasteiger partial charge in [-0.15, -0.1) is 0 Å². The van der Waals surface area contributed by atoms with Crippen molar-refractivity contribution in [3.05, 3.63) is 46.4 Å². The molecule has 0 unspecified atom stereocenters. The van der Waals surface area contributed by atoms with Crippen LogP contribution in [0.4, 0.5) is 17.1 Å². The molecule has 104 valence electrons. The first-order chi connectivity index (χ1) is 9.49. The third kappa shape index (κ3) is 3.21. The van der Waals surface area contributed by atoms with E-state index in [1.807, 2.05) is 18.2 Å². The van der Waals surface area contributed by atoms with E-state index in [2.05, 4.69) is 21.2 Å². The number of nitrogens with one attached hydrogen (secondary N) is 1. The maximum atomic E-state index is 11.1. The van der Waals surface area contributed by atoms with Crippen molar-refractivity contribution >= 4 is 38.9 Å². The van der Waals surface area contributed by atoms with E-state index in [0.717, 1.165) is 10.2 Å². The molecule has 5 nitrogen and oxygen atoms in total. The van der Waals surface area contributed by atoms with E-state index in [1.54, 1.807) is 25.3 Å². The number of anilines is 3. The molecular weight excluding hydrogens is 322 g/mol. The van der Waals surface area contributed by atoms with Gasteiger partial charge in [-0.05, 0) is 30.3 Å². The summed E-state index contributed by atoms with van der Waals surface area (Å²) in [6.07, 6.45) is 0. The Balaban J connectivity index is 2.30. The molecule has 0 atom stereocenters. The number of primary amides is 1. The summed E-state index contributed by atoms with van der Waals surface area (Å²) in [4.78, 5) is 11.1. The molecule has 2 aromatic rings. The topological polar surface area (TPSA) is 90.4 Å². The average molecular weight is 336 g/mol. The molecule has 0 bridgehead atoms. The fraction of sp³-hybridized carbons (Fsp3) is 0.0714. The number of halogens is 1. The number of hydrogen-bond acceptors (Lipinski definition) is 4. The number of ether oxygens (including phenoxy) is 1. The fourth-order valence-electron chi connectivity index (χ4n) is 1.74. The number of nitrogens with two attached hydrogens (primary N) is 2. The van der Waals surface area contributed by atoms with Gasteiger partial charge in [-0.1, -0.05) is 15.9 Å². The van der Waals surface area contributed by atoms with E-state index >= 15 is 0 Å². The summed E-state index contributed by atoms with van der Waals surface area (Å²) in [6, 6.07) is 10.5. The molecule has 0 aliphatic rings. The molecule has 0 saturated carbocycles. The Morgan fingerprint density at radius 3 is 2.60 bits per heavy atom. The van der Waals surface area contributed by atoms with Gasteiger partial charge in [0.25, 0.3) is 0 Å².